The Kier molecular flexibility index (Phi) is 3.84. The van der Waals surface area contributed by atoms with Gasteiger partial charge in [-0.2, -0.15) is 0 Å². The lowest BCUT2D eigenvalue weighted by atomic mass is 9.92. The van der Waals surface area contributed by atoms with Crippen molar-refractivity contribution in [1.82, 2.24) is 9.97 Å². The largest absolute Gasteiger partial charge is 0.399 e. The van der Waals surface area contributed by atoms with E-state index in [4.69, 9.17) is 5.73 Å². The molecule has 0 amide bonds. The van der Waals surface area contributed by atoms with Crippen molar-refractivity contribution in [1.29, 1.82) is 0 Å². The van der Waals surface area contributed by atoms with E-state index in [2.05, 4.69) is 36.8 Å². The van der Waals surface area contributed by atoms with Crippen molar-refractivity contribution in [3.05, 3.63) is 53.6 Å². The van der Waals surface area contributed by atoms with E-state index in [9.17, 15) is 0 Å². The van der Waals surface area contributed by atoms with Crippen LogP contribution in [0.5, 0.6) is 0 Å². The molecule has 2 rings (SSSR count). The van der Waals surface area contributed by atoms with Gasteiger partial charge in [-0.1, -0.05) is 32.9 Å². The lowest BCUT2D eigenvalue weighted by Crippen LogP contribution is -2.15. The van der Waals surface area contributed by atoms with Gasteiger partial charge in [0, 0.05) is 29.4 Å². The van der Waals surface area contributed by atoms with Crippen molar-refractivity contribution >= 4 is 5.69 Å². The molecule has 0 aliphatic heterocycles. The van der Waals surface area contributed by atoms with Crippen LogP contribution in [0.1, 0.15) is 37.9 Å². The molecule has 3 nitrogen and oxygen atoms in total. The highest BCUT2D eigenvalue weighted by Gasteiger charge is 2.15. The third-order valence-electron chi connectivity index (χ3n) is 3.06. The predicted octanol–water partition coefficient (Wildman–Crippen LogP) is 3.14. The molecule has 0 spiro atoms. The summed E-state index contributed by atoms with van der Waals surface area (Å²) in [4.78, 5) is 8.99. The van der Waals surface area contributed by atoms with Gasteiger partial charge in [0.2, 0.25) is 0 Å². The summed E-state index contributed by atoms with van der Waals surface area (Å²) in [5, 5.41) is 0. The van der Waals surface area contributed by atoms with Gasteiger partial charge < -0.3 is 5.73 Å². The standard InChI is InChI=1S/C16H21N3/c1-16(2,3)14-9-10-18-15(19-14)8-7-12-5-4-6-13(17)11-12/h4-6,9-11H,7-8,17H2,1-3H3. The molecule has 1 heterocycles. The molecular formula is C16H21N3. The number of nitrogen functional groups attached to an aromatic ring is 1. The van der Waals surface area contributed by atoms with Gasteiger partial charge in [-0.25, -0.2) is 9.97 Å². The zero-order valence-corrected chi connectivity index (χ0v) is 11.9. The summed E-state index contributed by atoms with van der Waals surface area (Å²) in [7, 11) is 0. The number of benzene rings is 1. The fourth-order valence-corrected chi connectivity index (χ4v) is 1.94. The Morgan fingerprint density at radius 1 is 1.11 bits per heavy atom. The monoisotopic (exact) mass is 255 g/mol. The number of anilines is 1. The number of rotatable bonds is 3. The normalized spacial score (nSPS) is 11.5. The second kappa shape index (κ2) is 5.39. The fourth-order valence-electron chi connectivity index (χ4n) is 1.94. The second-order valence-electron chi connectivity index (χ2n) is 5.85. The average Bonchev–Trinajstić information content (AvgIpc) is 2.36. The van der Waals surface area contributed by atoms with E-state index >= 15 is 0 Å². The average molecular weight is 255 g/mol. The highest BCUT2D eigenvalue weighted by atomic mass is 14.9. The van der Waals surface area contributed by atoms with Gasteiger partial charge in [0.25, 0.3) is 0 Å². The highest BCUT2D eigenvalue weighted by Crippen LogP contribution is 2.19. The Bertz CT molecular complexity index is 556. The van der Waals surface area contributed by atoms with Gasteiger partial charge in [-0.3, -0.25) is 0 Å². The second-order valence-corrected chi connectivity index (χ2v) is 5.85. The lowest BCUT2D eigenvalue weighted by Gasteiger charge is -2.17. The van der Waals surface area contributed by atoms with Crippen LogP contribution in [0.4, 0.5) is 5.69 Å². The van der Waals surface area contributed by atoms with Crippen LogP contribution in [-0.4, -0.2) is 9.97 Å². The first kappa shape index (κ1) is 13.5. The third kappa shape index (κ3) is 3.78. The molecule has 1 aromatic carbocycles. The molecule has 0 atom stereocenters. The summed E-state index contributed by atoms with van der Waals surface area (Å²) in [6, 6.07) is 9.97. The van der Waals surface area contributed by atoms with Gasteiger partial charge in [-0.05, 0) is 30.2 Å². The number of hydrogen-bond acceptors (Lipinski definition) is 3. The molecule has 0 fully saturated rings. The summed E-state index contributed by atoms with van der Waals surface area (Å²) < 4.78 is 0. The van der Waals surface area contributed by atoms with E-state index in [1.165, 1.54) is 5.56 Å². The quantitative estimate of drug-likeness (QED) is 0.857. The van der Waals surface area contributed by atoms with Crippen molar-refractivity contribution < 1.29 is 0 Å². The van der Waals surface area contributed by atoms with Gasteiger partial charge >= 0.3 is 0 Å². The molecule has 0 bridgehead atoms. The Morgan fingerprint density at radius 2 is 1.89 bits per heavy atom. The maximum atomic E-state index is 5.78. The molecule has 0 saturated heterocycles. The molecule has 100 valence electrons. The molecule has 1 aromatic heterocycles. The van der Waals surface area contributed by atoms with E-state index in [1.54, 1.807) is 0 Å². The molecule has 0 aliphatic rings. The summed E-state index contributed by atoms with van der Waals surface area (Å²) in [6.45, 7) is 6.49. The molecule has 3 heteroatoms. The summed E-state index contributed by atoms with van der Waals surface area (Å²) in [5.41, 5.74) is 8.96. The van der Waals surface area contributed by atoms with Crippen LogP contribution in [0, 0.1) is 0 Å². The molecular weight excluding hydrogens is 234 g/mol. The van der Waals surface area contributed by atoms with E-state index in [0.717, 1.165) is 30.0 Å². The topological polar surface area (TPSA) is 51.8 Å². The van der Waals surface area contributed by atoms with Crippen molar-refractivity contribution in [2.45, 2.75) is 39.0 Å². The maximum absolute atomic E-state index is 5.78. The molecule has 0 saturated carbocycles. The zero-order chi connectivity index (χ0) is 13.9. The first-order valence-corrected chi connectivity index (χ1v) is 6.62. The minimum Gasteiger partial charge on any atom is -0.399 e. The van der Waals surface area contributed by atoms with Crippen LogP contribution in [0.15, 0.2) is 36.5 Å². The number of hydrogen-bond donors (Lipinski definition) is 1. The summed E-state index contributed by atoms with van der Waals surface area (Å²) >= 11 is 0. The minimum atomic E-state index is 0.0644. The van der Waals surface area contributed by atoms with E-state index in [1.807, 2.05) is 30.5 Å². The zero-order valence-electron chi connectivity index (χ0n) is 11.9. The van der Waals surface area contributed by atoms with Gasteiger partial charge in [-0.15, -0.1) is 0 Å². The van der Waals surface area contributed by atoms with Crippen molar-refractivity contribution in [3.63, 3.8) is 0 Å². The summed E-state index contributed by atoms with van der Waals surface area (Å²) in [5.74, 6) is 0.898. The minimum absolute atomic E-state index is 0.0644. The van der Waals surface area contributed by atoms with Gasteiger partial charge in [0.15, 0.2) is 0 Å². The van der Waals surface area contributed by atoms with Crippen LogP contribution in [0.25, 0.3) is 0 Å². The first-order valence-electron chi connectivity index (χ1n) is 6.62. The van der Waals surface area contributed by atoms with Crippen LogP contribution in [-0.2, 0) is 18.3 Å². The lowest BCUT2D eigenvalue weighted by molar-refractivity contribution is 0.561. The van der Waals surface area contributed by atoms with Crippen LogP contribution in [0.3, 0.4) is 0 Å². The van der Waals surface area contributed by atoms with Crippen LogP contribution in [0.2, 0.25) is 0 Å². The van der Waals surface area contributed by atoms with Crippen molar-refractivity contribution in [3.8, 4) is 0 Å². The van der Waals surface area contributed by atoms with Crippen molar-refractivity contribution in [2.75, 3.05) is 5.73 Å². The number of nitrogens with zero attached hydrogens (tertiary/aromatic N) is 2. The van der Waals surface area contributed by atoms with Gasteiger partial charge in [0.05, 0.1) is 0 Å². The predicted molar refractivity (Wildman–Crippen MR) is 79.0 cm³/mol. The van der Waals surface area contributed by atoms with Crippen LogP contribution < -0.4 is 5.73 Å². The SMILES string of the molecule is CC(C)(C)c1ccnc(CCc2cccc(N)c2)n1. The molecule has 0 unspecified atom stereocenters. The first-order chi connectivity index (χ1) is 8.95. The molecule has 0 aliphatic carbocycles. The Labute approximate surface area is 114 Å². The third-order valence-corrected chi connectivity index (χ3v) is 3.06. The van der Waals surface area contributed by atoms with Crippen molar-refractivity contribution in [2.24, 2.45) is 0 Å². The molecule has 19 heavy (non-hydrogen) atoms. The molecule has 2 N–H and O–H groups in total. The highest BCUT2D eigenvalue weighted by molar-refractivity contribution is 5.40. The smallest absolute Gasteiger partial charge is 0.128 e. The number of nitrogens with two attached hydrogens (primary N) is 1. The van der Waals surface area contributed by atoms with Gasteiger partial charge in [0.1, 0.15) is 5.82 Å². The molecule has 0 radical (unpaired) electrons. The number of aryl methyl sites for hydroxylation is 2. The van der Waals surface area contributed by atoms with E-state index in [0.29, 0.717) is 0 Å². The number of aromatic nitrogens is 2. The van der Waals surface area contributed by atoms with E-state index in [-0.39, 0.29) is 5.41 Å². The molecule has 2 aromatic rings. The van der Waals surface area contributed by atoms with E-state index < -0.39 is 0 Å². The fraction of sp³-hybridized carbons (Fsp3) is 0.375. The Balaban J connectivity index is 2.08. The Hall–Kier alpha value is -1.90. The van der Waals surface area contributed by atoms with Crippen LogP contribution >= 0.6 is 0 Å². The Morgan fingerprint density at radius 3 is 2.58 bits per heavy atom. The summed E-state index contributed by atoms with van der Waals surface area (Å²) in [6.07, 6.45) is 3.61. The maximum Gasteiger partial charge on any atom is 0.128 e.